The summed E-state index contributed by atoms with van der Waals surface area (Å²) in [5, 5.41) is 13.8. The first kappa shape index (κ1) is 19.0. The van der Waals surface area contributed by atoms with Crippen LogP contribution in [-0.4, -0.2) is 31.8 Å². The molecule has 26 heavy (non-hydrogen) atoms. The van der Waals surface area contributed by atoms with Crippen molar-refractivity contribution >= 4 is 11.8 Å². The number of ether oxygens (including phenoxy) is 3. The Bertz CT molecular complexity index is 764. The van der Waals surface area contributed by atoms with E-state index >= 15 is 0 Å². The third-order valence-electron chi connectivity index (χ3n) is 3.66. The Balaban J connectivity index is 1.93. The molecule has 2 aromatic rings. The molecule has 8 heteroatoms. The first-order chi connectivity index (χ1) is 12.5. The monoisotopic (exact) mass is 360 g/mol. The van der Waals surface area contributed by atoms with Crippen LogP contribution in [0.3, 0.4) is 0 Å². The Morgan fingerprint density at radius 1 is 1.12 bits per heavy atom. The fraction of sp³-hybridized carbons (Fsp3) is 0.278. The third kappa shape index (κ3) is 5.10. The molecule has 138 valence electrons. The van der Waals surface area contributed by atoms with Gasteiger partial charge in [0.25, 0.3) is 5.69 Å². The Kier molecular flexibility index (Phi) is 6.78. The number of methoxy groups -OCH3 is 2. The van der Waals surface area contributed by atoms with E-state index in [9.17, 15) is 14.9 Å². The first-order valence-electron chi connectivity index (χ1n) is 7.89. The van der Waals surface area contributed by atoms with Gasteiger partial charge in [0.1, 0.15) is 6.61 Å². The van der Waals surface area contributed by atoms with Crippen molar-refractivity contribution in [3.05, 3.63) is 63.7 Å². The van der Waals surface area contributed by atoms with Crippen LogP contribution < -0.4 is 14.8 Å². The number of nitro benzene ring substituents is 1. The average molecular weight is 360 g/mol. The molecule has 0 radical (unpaired) electrons. The zero-order chi connectivity index (χ0) is 18.9. The summed E-state index contributed by atoms with van der Waals surface area (Å²) in [5.41, 5.74) is 1.20. The van der Waals surface area contributed by atoms with Gasteiger partial charge in [-0.25, -0.2) is 4.79 Å². The molecule has 0 aromatic heterocycles. The average Bonchev–Trinajstić information content (AvgIpc) is 2.66. The van der Waals surface area contributed by atoms with Gasteiger partial charge in [0.15, 0.2) is 11.5 Å². The maximum Gasteiger partial charge on any atom is 0.407 e. The lowest BCUT2D eigenvalue weighted by molar-refractivity contribution is -0.385. The van der Waals surface area contributed by atoms with Crippen LogP contribution in [0.1, 0.15) is 11.1 Å². The Morgan fingerprint density at radius 3 is 2.38 bits per heavy atom. The van der Waals surface area contributed by atoms with E-state index in [0.717, 1.165) is 5.56 Å². The van der Waals surface area contributed by atoms with Crippen molar-refractivity contribution in [2.24, 2.45) is 0 Å². The van der Waals surface area contributed by atoms with Crippen LogP contribution in [0.5, 0.6) is 11.5 Å². The van der Waals surface area contributed by atoms with E-state index in [0.29, 0.717) is 11.3 Å². The zero-order valence-electron chi connectivity index (χ0n) is 14.6. The minimum absolute atomic E-state index is 0.0953. The van der Waals surface area contributed by atoms with E-state index < -0.39 is 11.0 Å². The van der Waals surface area contributed by atoms with Gasteiger partial charge in [-0.3, -0.25) is 10.1 Å². The number of nitro groups is 1. The summed E-state index contributed by atoms with van der Waals surface area (Å²) >= 11 is 0. The highest BCUT2D eigenvalue weighted by atomic mass is 16.6. The highest BCUT2D eigenvalue weighted by Gasteiger charge is 2.19. The van der Waals surface area contributed by atoms with Gasteiger partial charge in [0, 0.05) is 12.1 Å². The van der Waals surface area contributed by atoms with Crippen LogP contribution in [0, 0.1) is 10.1 Å². The Hall–Kier alpha value is -3.29. The summed E-state index contributed by atoms with van der Waals surface area (Å²) in [6.45, 7) is 0.340. The van der Waals surface area contributed by atoms with Gasteiger partial charge in [-0.15, -0.1) is 0 Å². The number of carbonyl (C=O) groups excluding carboxylic acids is 1. The van der Waals surface area contributed by atoms with Crippen molar-refractivity contribution in [3.8, 4) is 11.5 Å². The predicted molar refractivity (Wildman–Crippen MR) is 94.5 cm³/mol. The molecule has 0 saturated heterocycles. The van der Waals surface area contributed by atoms with Crippen molar-refractivity contribution in [1.29, 1.82) is 0 Å². The Labute approximate surface area is 150 Å². The van der Waals surface area contributed by atoms with E-state index in [1.54, 1.807) is 0 Å². The number of alkyl carbamates (subject to hydrolysis) is 1. The molecule has 2 rings (SSSR count). The molecule has 1 N–H and O–H groups in total. The van der Waals surface area contributed by atoms with Gasteiger partial charge in [-0.2, -0.15) is 0 Å². The molecule has 0 atom stereocenters. The molecule has 0 spiro atoms. The quantitative estimate of drug-likeness (QED) is 0.574. The van der Waals surface area contributed by atoms with Crippen molar-refractivity contribution in [2.45, 2.75) is 13.0 Å². The second-order valence-corrected chi connectivity index (χ2v) is 5.33. The third-order valence-corrected chi connectivity index (χ3v) is 3.66. The minimum Gasteiger partial charge on any atom is -0.493 e. The van der Waals surface area contributed by atoms with Gasteiger partial charge in [-0.05, 0) is 18.1 Å². The number of amides is 1. The summed E-state index contributed by atoms with van der Waals surface area (Å²) in [6.07, 6.45) is -0.339. The normalized spacial score (nSPS) is 10.1. The first-order valence-corrected chi connectivity index (χ1v) is 7.89. The van der Waals surface area contributed by atoms with Crippen LogP contribution in [-0.2, 0) is 17.8 Å². The summed E-state index contributed by atoms with van der Waals surface area (Å²) in [5.74, 6) is 0.665. The number of carbonyl (C=O) groups is 1. The lowest BCUT2D eigenvalue weighted by atomic mass is 10.1. The molecule has 0 unspecified atom stereocenters. The number of nitrogens with zero attached hydrogens (tertiary/aromatic N) is 1. The molecular weight excluding hydrogens is 340 g/mol. The smallest absolute Gasteiger partial charge is 0.407 e. The zero-order valence-corrected chi connectivity index (χ0v) is 14.6. The van der Waals surface area contributed by atoms with E-state index in [1.807, 2.05) is 30.3 Å². The molecule has 0 saturated carbocycles. The van der Waals surface area contributed by atoms with Crippen LogP contribution in [0.2, 0.25) is 0 Å². The van der Waals surface area contributed by atoms with Crippen LogP contribution in [0.4, 0.5) is 10.5 Å². The standard InChI is InChI=1S/C18H20N2O6/c1-24-16-10-14(15(20(22)23)11-17(16)25-2)8-9-19-18(21)26-12-13-6-4-3-5-7-13/h3-7,10-11H,8-9,12H2,1-2H3,(H,19,21). The summed E-state index contributed by atoms with van der Waals surface area (Å²) in [7, 11) is 2.86. The highest BCUT2D eigenvalue weighted by molar-refractivity contribution is 5.67. The van der Waals surface area contributed by atoms with Crippen LogP contribution >= 0.6 is 0 Å². The maximum absolute atomic E-state index is 11.7. The maximum atomic E-state index is 11.7. The van der Waals surface area contributed by atoms with Gasteiger partial charge in [0.05, 0.1) is 25.2 Å². The number of hydrogen-bond donors (Lipinski definition) is 1. The number of hydrogen-bond acceptors (Lipinski definition) is 6. The summed E-state index contributed by atoms with van der Waals surface area (Å²) in [4.78, 5) is 22.5. The largest absolute Gasteiger partial charge is 0.493 e. The number of nitrogens with one attached hydrogen (secondary N) is 1. The second-order valence-electron chi connectivity index (χ2n) is 5.33. The van der Waals surface area contributed by atoms with E-state index in [1.165, 1.54) is 26.4 Å². The van der Waals surface area contributed by atoms with Gasteiger partial charge >= 0.3 is 6.09 Å². The van der Waals surface area contributed by atoms with Gasteiger partial charge in [0.2, 0.25) is 0 Å². The fourth-order valence-electron chi connectivity index (χ4n) is 2.35. The van der Waals surface area contributed by atoms with Crippen molar-refractivity contribution < 1.29 is 23.9 Å². The minimum atomic E-state index is -0.586. The molecule has 8 nitrogen and oxygen atoms in total. The number of benzene rings is 2. The number of rotatable bonds is 8. The predicted octanol–water partition coefficient (Wildman–Crippen LogP) is 3.08. The molecule has 0 aliphatic carbocycles. The van der Waals surface area contributed by atoms with E-state index in [4.69, 9.17) is 14.2 Å². The molecule has 0 bridgehead atoms. The Morgan fingerprint density at radius 2 is 1.77 bits per heavy atom. The van der Waals surface area contributed by atoms with Crippen LogP contribution in [0.15, 0.2) is 42.5 Å². The molecule has 0 aliphatic heterocycles. The molecular formula is C18H20N2O6. The van der Waals surface area contributed by atoms with Crippen molar-refractivity contribution in [3.63, 3.8) is 0 Å². The summed E-state index contributed by atoms with van der Waals surface area (Å²) < 4.78 is 15.3. The second kappa shape index (κ2) is 9.26. The molecule has 0 aliphatic rings. The highest BCUT2D eigenvalue weighted by Crippen LogP contribution is 2.34. The topological polar surface area (TPSA) is 99.9 Å². The lowest BCUT2D eigenvalue weighted by Gasteiger charge is -2.11. The van der Waals surface area contributed by atoms with Crippen molar-refractivity contribution in [2.75, 3.05) is 20.8 Å². The van der Waals surface area contributed by atoms with E-state index in [2.05, 4.69) is 5.32 Å². The molecule has 0 heterocycles. The fourth-order valence-corrected chi connectivity index (χ4v) is 2.35. The van der Waals surface area contributed by atoms with E-state index in [-0.39, 0.29) is 31.0 Å². The SMILES string of the molecule is COc1cc(CCNC(=O)OCc2ccccc2)c([N+](=O)[O-])cc1OC. The molecule has 0 fully saturated rings. The van der Waals surface area contributed by atoms with Gasteiger partial charge in [-0.1, -0.05) is 30.3 Å². The molecule has 2 aromatic carbocycles. The lowest BCUT2D eigenvalue weighted by Crippen LogP contribution is -2.26. The molecule has 1 amide bonds. The van der Waals surface area contributed by atoms with Crippen LogP contribution in [0.25, 0.3) is 0 Å². The van der Waals surface area contributed by atoms with Gasteiger partial charge < -0.3 is 19.5 Å². The summed E-state index contributed by atoms with van der Waals surface area (Å²) in [6, 6.07) is 12.1. The van der Waals surface area contributed by atoms with Crippen molar-refractivity contribution in [1.82, 2.24) is 5.32 Å².